The molecule has 1 amide bonds. The van der Waals surface area contributed by atoms with Crippen molar-refractivity contribution in [1.29, 1.82) is 0 Å². The van der Waals surface area contributed by atoms with Gasteiger partial charge in [-0.25, -0.2) is 4.98 Å². The van der Waals surface area contributed by atoms with E-state index in [1.165, 1.54) is 16.7 Å². The Labute approximate surface area is 185 Å². The number of nitrogens with zero attached hydrogens (tertiary/aromatic N) is 2. The van der Waals surface area contributed by atoms with E-state index >= 15 is 0 Å². The van der Waals surface area contributed by atoms with Crippen LogP contribution in [0, 0.1) is 0 Å². The minimum atomic E-state index is 0.0387. The fourth-order valence-electron chi connectivity index (χ4n) is 4.03. The quantitative estimate of drug-likeness (QED) is 0.420. The fourth-order valence-corrected chi connectivity index (χ4v) is 5.01. The monoisotopic (exact) mass is 432 g/mol. The number of fused-ring (bicyclic) bond motifs is 2. The summed E-state index contributed by atoms with van der Waals surface area (Å²) in [5.74, 6) is 0.800. The van der Waals surface area contributed by atoms with Crippen molar-refractivity contribution in [2.45, 2.75) is 25.4 Å². The zero-order valence-electron chi connectivity index (χ0n) is 17.4. The molecule has 0 N–H and O–H groups in total. The van der Waals surface area contributed by atoms with E-state index in [9.17, 15) is 4.79 Å². The van der Waals surface area contributed by atoms with Crippen LogP contribution in [-0.4, -0.2) is 37.3 Å². The van der Waals surface area contributed by atoms with Crippen molar-refractivity contribution >= 4 is 43.4 Å². The molecule has 1 fully saturated rings. The van der Waals surface area contributed by atoms with Crippen molar-refractivity contribution in [3.63, 3.8) is 0 Å². The fraction of sp³-hybridized carbons (Fsp3) is 0.280. The summed E-state index contributed by atoms with van der Waals surface area (Å²) in [4.78, 5) is 20.0. The molecule has 0 bridgehead atoms. The number of carbonyl (C=O) groups excluding carboxylic acids is 1. The Kier molecular flexibility index (Phi) is 5.57. The molecule has 31 heavy (non-hydrogen) atoms. The first-order chi connectivity index (χ1) is 15.2. The lowest BCUT2D eigenvalue weighted by Crippen LogP contribution is -2.38. The van der Waals surface area contributed by atoms with Gasteiger partial charge in [0.15, 0.2) is 5.13 Å². The lowest BCUT2D eigenvalue weighted by molar-refractivity contribution is -0.118. The standard InChI is InChI=1S/C25H24N2O3S/c1-29-20-10-11-23-22(15-20)26-25(31-23)27(16-21-7-4-12-30-21)24(28)14-17-8-9-18-5-2-3-6-19(18)13-17/h2-3,5-6,8-11,13,15,21H,4,7,12,14,16H2,1H3. The number of hydrogen-bond donors (Lipinski definition) is 0. The van der Waals surface area contributed by atoms with Crippen molar-refractivity contribution < 1.29 is 14.3 Å². The van der Waals surface area contributed by atoms with Crippen molar-refractivity contribution in [2.75, 3.05) is 25.2 Å². The molecule has 4 aromatic rings. The van der Waals surface area contributed by atoms with Crippen LogP contribution >= 0.6 is 11.3 Å². The maximum Gasteiger partial charge on any atom is 0.233 e. The van der Waals surface area contributed by atoms with Gasteiger partial charge in [-0.1, -0.05) is 53.8 Å². The number of aromatic nitrogens is 1. The van der Waals surface area contributed by atoms with Crippen LogP contribution in [0.5, 0.6) is 5.75 Å². The Balaban J connectivity index is 1.45. The summed E-state index contributed by atoms with van der Waals surface area (Å²) < 4.78 is 12.2. The summed E-state index contributed by atoms with van der Waals surface area (Å²) in [6.07, 6.45) is 2.39. The maximum atomic E-state index is 13.4. The van der Waals surface area contributed by atoms with Crippen molar-refractivity contribution in [3.8, 4) is 5.75 Å². The molecule has 158 valence electrons. The molecule has 1 unspecified atom stereocenters. The van der Waals surface area contributed by atoms with E-state index in [0.29, 0.717) is 18.1 Å². The van der Waals surface area contributed by atoms with Crippen molar-refractivity contribution in [3.05, 3.63) is 66.2 Å². The van der Waals surface area contributed by atoms with Crippen molar-refractivity contribution in [2.24, 2.45) is 0 Å². The Hall–Kier alpha value is -2.96. The zero-order valence-corrected chi connectivity index (χ0v) is 18.2. The smallest absolute Gasteiger partial charge is 0.233 e. The van der Waals surface area contributed by atoms with E-state index in [1.54, 1.807) is 7.11 Å². The van der Waals surface area contributed by atoms with E-state index in [2.05, 4.69) is 24.3 Å². The second-order valence-electron chi connectivity index (χ2n) is 7.83. The van der Waals surface area contributed by atoms with E-state index in [0.717, 1.165) is 46.4 Å². The summed E-state index contributed by atoms with van der Waals surface area (Å²) in [6.45, 7) is 1.29. The molecule has 0 spiro atoms. The first kappa shape index (κ1) is 20.0. The summed E-state index contributed by atoms with van der Waals surface area (Å²) in [7, 11) is 1.64. The molecular weight excluding hydrogens is 408 g/mol. The second-order valence-corrected chi connectivity index (χ2v) is 8.84. The third kappa shape index (κ3) is 4.27. The van der Waals surface area contributed by atoms with E-state index < -0.39 is 0 Å². The molecule has 1 atom stereocenters. The van der Waals surface area contributed by atoms with E-state index in [1.807, 2.05) is 41.3 Å². The largest absolute Gasteiger partial charge is 0.497 e. The highest BCUT2D eigenvalue weighted by molar-refractivity contribution is 7.22. The van der Waals surface area contributed by atoms with Gasteiger partial charge in [-0.15, -0.1) is 0 Å². The molecule has 1 aromatic heterocycles. The molecular formula is C25H24N2O3S. The molecule has 1 aliphatic rings. The van der Waals surface area contributed by atoms with Gasteiger partial charge in [0.25, 0.3) is 0 Å². The maximum absolute atomic E-state index is 13.4. The highest BCUT2D eigenvalue weighted by Crippen LogP contribution is 2.32. The van der Waals surface area contributed by atoms with Crippen molar-refractivity contribution in [1.82, 2.24) is 4.98 Å². The Morgan fingerprint density at radius 1 is 1.16 bits per heavy atom. The van der Waals surface area contributed by atoms with Crippen LogP contribution in [0.2, 0.25) is 0 Å². The molecule has 5 rings (SSSR count). The van der Waals surface area contributed by atoms with Crippen LogP contribution in [0.25, 0.3) is 21.0 Å². The molecule has 1 saturated heterocycles. The van der Waals surface area contributed by atoms with Gasteiger partial charge in [0, 0.05) is 12.7 Å². The predicted molar refractivity (Wildman–Crippen MR) is 125 cm³/mol. The van der Waals surface area contributed by atoms with E-state index in [4.69, 9.17) is 14.5 Å². The van der Waals surface area contributed by atoms with Gasteiger partial charge in [-0.2, -0.15) is 0 Å². The molecule has 5 nitrogen and oxygen atoms in total. The van der Waals surface area contributed by atoms with Gasteiger partial charge in [0.2, 0.25) is 5.91 Å². The van der Waals surface area contributed by atoms with Crippen LogP contribution in [0.1, 0.15) is 18.4 Å². The average Bonchev–Trinajstić information content (AvgIpc) is 3.46. The summed E-state index contributed by atoms with van der Waals surface area (Å²) in [5.41, 5.74) is 1.85. The lowest BCUT2D eigenvalue weighted by atomic mass is 10.0. The third-order valence-electron chi connectivity index (χ3n) is 5.69. The number of benzene rings is 3. The van der Waals surface area contributed by atoms with E-state index in [-0.39, 0.29) is 12.0 Å². The second kappa shape index (κ2) is 8.65. The molecule has 3 aromatic carbocycles. The summed E-state index contributed by atoms with van der Waals surface area (Å²) >= 11 is 1.53. The number of anilines is 1. The van der Waals surface area contributed by atoms with Gasteiger partial charge in [0.05, 0.1) is 36.4 Å². The minimum absolute atomic E-state index is 0.0387. The molecule has 0 saturated carbocycles. The lowest BCUT2D eigenvalue weighted by Gasteiger charge is -2.23. The van der Waals surface area contributed by atoms with Crippen LogP contribution < -0.4 is 9.64 Å². The molecule has 1 aliphatic heterocycles. The predicted octanol–water partition coefficient (Wildman–Crippen LogP) is 5.21. The number of ether oxygens (including phenoxy) is 2. The molecule has 2 heterocycles. The topological polar surface area (TPSA) is 51.7 Å². The third-order valence-corrected chi connectivity index (χ3v) is 6.75. The normalized spacial score (nSPS) is 16.1. The Morgan fingerprint density at radius 3 is 2.84 bits per heavy atom. The molecule has 0 aliphatic carbocycles. The molecule has 6 heteroatoms. The highest BCUT2D eigenvalue weighted by Gasteiger charge is 2.26. The van der Waals surface area contributed by atoms with Gasteiger partial charge >= 0.3 is 0 Å². The van der Waals surface area contributed by atoms with Gasteiger partial charge < -0.3 is 9.47 Å². The Morgan fingerprint density at radius 2 is 2.03 bits per heavy atom. The van der Waals surface area contributed by atoms with Crippen LogP contribution in [-0.2, 0) is 16.0 Å². The Bertz CT molecular complexity index is 1230. The van der Waals surface area contributed by atoms with Gasteiger partial charge in [0.1, 0.15) is 5.75 Å². The number of methoxy groups -OCH3 is 1. The first-order valence-electron chi connectivity index (χ1n) is 10.5. The van der Waals surface area contributed by atoms with Gasteiger partial charge in [-0.05, 0) is 41.3 Å². The highest BCUT2D eigenvalue weighted by atomic mass is 32.1. The van der Waals surface area contributed by atoms with Crippen LogP contribution in [0.3, 0.4) is 0 Å². The average molecular weight is 433 g/mol. The first-order valence-corrected chi connectivity index (χ1v) is 11.4. The van der Waals surface area contributed by atoms with Crippen LogP contribution in [0.4, 0.5) is 5.13 Å². The summed E-state index contributed by atoms with van der Waals surface area (Å²) in [6, 6.07) is 20.2. The number of thiazole rings is 1. The number of carbonyl (C=O) groups is 1. The van der Waals surface area contributed by atoms with Crippen LogP contribution in [0.15, 0.2) is 60.7 Å². The minimum Gasteiger partial charge on any atom is -0.497 e. The zero-order chi connectivity index (χ0) is 21.2. The van der Waals surface area contributed by atoms with Gasteiger partial charge in [-0.3, -0.25) is 9.69 Å². The SMILES string of the molecule is COc1ccc2sc(N(CC3CCCO3)C(=O)Cc3ccc4ccccc4c3)nc2c1. The molecule has 0 radical (unpaired) electrons. The number of amides is 1. The summed E-state index contributed by atoms with van der Waals surface area (Å²) in [5, 5.41) is 3.03. The number of rotatable bonds is 6. The number of hydrogen-bond acceptors (Lipinski definition) is 5.